The summed E-state index contributed by atoms with van der Waals surface area (Å²) in [5.74, 6) is 1.49. The van der Waals surface area contributed by atoms with E-state index in [1.165, 1.54) is 16.8 Å². The summed E-state index contributed by atoms with van der Waals surface area (Å²) in [5.41, 5.74) is 3.97. The largest absolute Gasteiger partial charge is 0.491 e. The molecule has 1 aliphatic heterocycles. The van der Waals surface area contributed by atoms with Gasteiger partial charge in [-0.1, -0.05) is 36.4 Å². The fourth-order valence-electron chi connectivity index (χ4n) is 2.84. The second-order valence-electron chi connectivity index (χ2n) is 5.64. The first-order valence-corrected chi connectivity index (χ1v) is 7.31. The summed E-state index contributed by atoms with van der Waals surface area (Å²) in [5, 5.41) is 3.54. The van der Waals surface area contributed by atoms with Gasteiger partial charge in [0, 0.05) is 18.2 Å². The molecule has 0 bridgehead atoms. The number of fused-ring (bicyclic) bond motifs is 1. The Bertz CT molecular complexity index is 591. The lowest BCUT2D eigenvalue weighted by Crippen LogP contribution is -2.22. The Labute approximate surface area is 120 Å². The van der Waals surface area contributed by atoms with Crippen LogP contribution < -0.4 is 10.1 Å². The van der Waals surface area contributed by atoms with E-state index in [-0.39, 0.29) is 6.10 Å². The first-order chi connectivity index (χ1) is 9.74. The molecule has 0 aromatic heterocycles. The summed E-state index contributed by atoms with van der Waals surface area (Å²) in [6, 6.07) is 17.0. The SMILES string of the molecule is CC(C)Oc1ccccc1C1CNc2ccccc2C1. The minimum atomic E-state index is 0.208. The van der Waals surface area contributed by atoms with Crippen molar-refractivity contribution in [3.63, 3.8) is 0 Å². The van der Waals surface area contributed by atoms with E-state index in [9.17, 15) is 0 Å². The van der Waals surface area contributed by atoms with E-state index in [1.54, 1.807) is 0 Å². The molecule has 1 unspecified atom stereocenters. The van der Waals surface area contributed by atoms with Gasteiger partial charge in [0.25, 0.3) is 0 Å². The Morgan fingerprint density at radius 1 is 1.05 bits per heavy atom. The zero-order chi connectivity index (χ0) is 13.9. The van der Waals surface area contributed by atoms with Crippen LogP contribution in [0.5, 0.6) is 5.75 Å². The number of para-hydroxylation sites is 2. The zero-order valence-electron chi connectivity index (χ0n) is 12.1. The molecule has 1 heterocycles. The summed E-state index contributed by atoms with van der Waals surface area (Å²) in [6.07, 6.45) is 1.28. The highest BCUT2D eigenvalue weighted by Crippen LogP contribution is 2.34. The quantitative estimate of drug-likeness (QED) is 0.898. The Balaban J connectivity index is 1.88. The van der Waals surface area contributed by atoms with E-state index >= 15 is 0 Å². The lowest BCUT2D eigenvalue weighted by Gasteiger charge is -2.28. The third kappa shape index (κ3) is 2.64. The molecule has 0 amide bonds. The monoisotopic (exact) mass is 267 g/mol. The highest BCUT2D eigenvalue weighted by Gasteiger charge is 2.22. The van der Waals surface area contributed by atoms with Crippen molar-refractivity contribution in [3.05, 3.63) is 59.7 Å². The molecule has 1 N–H and O–H groups in total. The van der Waals surface area contributed by atoms with E-state index in [4.69, 9.17) is 4.74 Å². The number of nitrogens with one attached hydrogen (secondary N) is 1. The van der Waals surface area contributed by atoms with E-state index in [2.05, 4.69) is 61.6 Å². The molecule has 0 spiro atoms. The van der Waals surface area contributed by atoms with Crippen LogP contribution in [-0.2, 0) is 6.42 Å². The maximum atomic E-state index is 5.96. The van der Waals surface area contributed by atoms with Crippen LogP contribution in [0.1, 0.15) is 30.9 Å². The Morgan fingerprint density at radius 2 is 1.80 bits per heavy atom. The molecule has 0 radical (unpaired) electrons. The molecule has 2 heteroatoms. The van der Waals surface area contributed by atoms with Gasteiger partial charge in [0.15, 0.2) is 0 Å². The normalized spacial score (nSPS) is 17.4. The predicted octanol–water partition coefficient (Wildman–Crippen LogP) is 4.23. The average molecular weight is 267 g/mol. The Kier molecular flexibility index (Phi) is 3.64. The van der Waals surface area contributed by atoms with Crippen molar-refractivity contribution in [1.29, 1.82) is 0 Å². The number of anilines is 1. The van der Waals surface area contributed by atoms with Crippen molar-refractivity contribution in [2.24, 2.45) is 0 Å². The second-order valence-corrected chi connectivity index (χ2v) is 5.64. The maximum absolute atomic E-state index is 5.96. The van der Waals surface area contributed by atoms with Crippen LogP contribution in [0, 0.1) is 0 Å². The van der Waals surface area contributed by atoms with E-state index in [1.807, 2.05) is 6.07 Å². The minimum Gasteiger partial charge on any atom is -0.491 e. The van der Waals surface area contributed by atoms with Crippen LogP contribution in [0.4, 0.5) is 5.69 Å². The molecule has 2 aromatic rings. The maximum Gasteiger partial charge on any atom is 0.123 e. The van der Waals surface area contributed by atoms with Crippen molar-refractivity contribution in [2.75, 3.05) is 11.9 Å². The molecular formula is C18H21NO. The van der Waals surface area contributed by atoms with E-state index in [0.29, 0.717) is 5.92 Å². The smallest absolute Gasteiger partial charge is 0.123 e. The molecule has 0 fully saturated rings. The van der Waals surface area contributed by atoms with Gasteiger partial charge in [-0.3, -0.25) is 0 Å². The molecule has 3 rings (SSSR count). The number of rotatable bonds is 3. The molecular weight excluding hydrogens is 246 g/mol. The number of benzene rings is 2. The van der Waals surface area contributed by atoms with Gasteiger partial charge < -0.3 is 10.1 Å². The van der Waals surface area contributed by atoms with Crippen molar-refractivity contribution in [1.82, 2.24) is 0 Å². The van der Waals surface area contributed by atoms with Gasteiger partial charge in [-0.25, -0.2) is 0 Å². The lowest BCUT2D eigenvalue weighted by molar-refractivity contribution is 0.238. The van der Waals surface area contributed by atoms with Gasteiger partial charge in [-0.2, -0.15) is 0 Å². The highest BCUT2D eigenvalue weighted by molar-refractivity contribution is 5.55. The van der Waals surface area contributed by atoms with Crippen molar-refractivity contribution >= 4 is 5.69 Å². The topological polar surface area (TPSA) is 21.3 Å². The molecule has 0 aliphatic carbocycles. The van der Waals surface area contributed by atoms with Crippen LogP contribution in [0.15, 0.2) is 48.5 Å². The standard InChI is InChI=1S/C18H21NO/c1-13(2)20-18-10-6-4-8-16(18)15-11-14-7-3-5-9-17(14)19-12-15/h3-10,13,15,19H,11-12H2,1-2H3. The first-order valence-electron chi connectivity index (χ1n) is 7.31. The average Bonchev–Trinajstić information content (AvgIpc) is 2.47. The third-order valence-corrected chi connectivity index (χ3v) is 3.74. The molecule has 1 atom stereocenters. The van der Waals surface area contributed by atoms with Crippen molar-refractivity contribution < 1.29 is 4.74 Å². The molecule has 1 aliphatic rings. The van der Waals surface area contributed by atoms with Gasteiger partial charge in [0.2, 0.25) is 0 Å². The summed E-state index contributed by atoms with van der Waals surface area (Å²) < 4.78 is 5.96. The highest BCUT2D eigenvalue weighted by atomic mass is 16.5. The van der Waals surface area contributed by atoms with Crippen LogP contribution >= 0.6 is 0 Å². The molecule has 2 aromatic carbocycles. The van der Waals surface area contributed by atoms with E-state index in [0.717, 1.165) is 18.7 Å². The fourth-order valence-corrected chi connectivity index (χ4v) is 2.84. The number of ether oxygens (including phenoxy) is 1. The van der Waals surface area contributed by atoms with Crippen LogP contribution in [0.3, 0.4) is 0 Å². The zero-order valence-corrected chi connectivity index (χ0v) is 12.1. The third-order valence-electron chi connectivity index (χ3n) is 3.74. The summed E-state index contributed by atoms with van der Waals surface area (Å²) in [4.78, 5) is 0. The molecule has 0 saturated heterocycles. The van der Waals surface area contributed by atoms with Gasteiger partial charge in [-0.05, 0) is 43.5 Å². The molecule has 2 nitrogen and oxygen atoms in total. The molecule has 20 heavy (non-hydrogen) atoms. The summed E-state index contributed by atoms with van der Waals surface area (Å²) in [6.45, 7) is 5.12. The van der Waals surface area contributed by atoms with Crippen LogP contribution in [-0.4, -0.2) is 12.6 Å². The van der Waals surface area contributed by atoms with Crippen molar-refractivity contribution in [3.8, 4) is 5.75 Å². The van der Waals surface area contributed by atoms with Crippen LogP contribution in [0.25, 0.3) is 0 Å². The molecule has 104 valence electrons. The van der Waals surface area contributed by atoms with Gasteiger partial charge in [0.1, 0.15) is 5.75 Å². The predicted molar refractivity (Wildman–Crippen MR) is 83.6 cm³/mol. The van der Waals surface area contributed by atoms with Crippen LogP contribution in [0.2, 0.25) is 0 Å². The molecule has 0 saturated carbocycles. The Hall–Kier alpha value is -1.96. The van der Waals surface area contributed by atoms with Gasteiger partial charge >= 0.3 is 0 Å². The summed E-state index contributed by atoms with van der Waals surface area (Å²) >= 11 is 0. The van der Waals surface area contributed by atoms with E-state index < -0.39 is 0 Å². The second kappa shape index (κ2) is 5.58. The first kappa shape index (κ1) is 13.0. The fraction of sp³-hybridized carbons (Fsp3) is 0.333. The minimum absolute atomic E-state index is 0.208. The Morgan fingerprint density at radius 3 is 2.65 bits per heavy atom. The van der Waals surface area contributed by atoms with Gasteiger partial charge in [0.05, 0.1) is 6.10 Å². The lowest BCUT2D eigenvalue weighted by atomic mass is 9.88. The van der Waals surface area contributed by atoms with Gasteiger partial charge in [-0.15, -0.1) is 0 Å². The number of hydrogen-bond donors (Lipinski definition) is 1. The number of hydrogen-bond acceptors (Lipinski definition) is 2. The van der Waals surface area contributed by atoms with Crippen molar-refractivity contribution in [2.45, 2.75) is 32.3 Å². The summed E-state index contributed by atoms with van der Waals surface area (Å²) in [7, 11) is 0.